The maximum atomic E-state index is 13.5. The molecular weight excluding hydrogens is 332 g/mol. The van der Waals surface area contributed by atoms with Gasteiger partial charge in [0.05, 0.1) is 23.9 Å². The molecule has 5 heteroatoms. The van der Waals surface area contributed by atoms with Crippen LogP contribution in [0.25, 0.3) is 0 Å². The van der Waals surface area contributed by atoms with Crippen LogP contribution in [0, 0.1) is 6.92 Å². The van der Waals surface area contributed by atoms with Crippen molar-refractivity contribution >= 4 is 28.1 Å². The number of para-hydroxylation sites is 2. The smallest absolute Gasteiger partial charge is 0.241 e. The van der Waals surface area contributed by atoms with Gasteiger partial charge in [0, 0.05) is 10.9 Å². The molecule has 0 saturated heterocycles. The molecule has 126 valence electrons. The topological polar surface area (TPSA) is 42.4 Å². The average molecular weight is 350 g/mol. The van der Waals surface area contributed by atoms with Crippen LogP contribution < -0.4 is 9.64 Å². The van der Waals surface area contributed by atoms with Gasteiger partial charge in [0.2, 0.25) is 5.91 Å². The van der Waals surface area contributed by atoms with Gasteiger partial charge in [-0.05, 0) is 31.5 Å². The normalized spacial score (nSPS) is 16.0. The van der Waals surface area contributed by atoms with Crippen LogP contribution in [-0.4, -0.2) is 17.5 Å². The van der Waals surface area contributed by atoms with E-state index in [4.69, 9.17) is 4.74 Å². The van der Waals surface area contributed by atoms with Crippen molar-refractivity contribution in [3.8, 4) is 5.75 Å². The number of anilines is 2. The molecule has 1 aliphatic heterocycles. The van der Waals surface area contributed by atoms with E-state index in [9.17, 15) is 4.79 Å². The Hall–Kier alpha value is -2.66. The van der Waals surface area contributed by atoms with Crippen molar-refractivity contribution < 1.29 is 9.53 Å². The third-order valence-corrected chi connectivity index (χ3v) is 5.23. The predicted molar refractivity (Wildman–Crippen MR) is 99.7 cm³/mol. The zero-order chi connectivity index (χ0) is 17.2. The SMILES string of the molecule is Cc1csc(N(C(=O)C2CCOc3ccccc32)c2ccccc2)n1. The van der Waals surface area contributed by atoms with Gasteiger partial charge >= 0.3 is 0 Å². The summed E-state index contributed by atoms with van der Waals surface area (Å²) in [4.78, 5) is 19.8. The van der Waals surface area contributed by atoms with Gasteiger partial charge in [-0.2, -0.15) is 0 Å². The number of nitrogens with zero attached hydrogens (tertiary/aromatic N) is 2. The molecule has 0 spiro atoms. The first-order valence-electron chi connectivity index (χ1n) is 8.27. The Balaban J connectivity index is 1.77. The summed E-state index contributed by atoms with van der Waals surface area (Å²) in [6, 6.07) is 17.5. The first-order chi connectivity index (χ1) is 12.2. The summed E-state index contributed by atoms with van der Waals surface area (Å²) < 4.78 is 5.72. The molecule has 25 heavy (non-hydrogen) atoms. The molecule has 2 heterocycles. The first kappa shape index (κ1) is 15.8. The van der Waals surface area contributed by atoms with E-state index >= 15 is 0 Å². The zero-order valence-electron chi connectivity index (χ0n) is 13.9. The Morgan fingerprint density at radius 3 is 2.68 bits per heavy atom. The molecule has 0 aliphatic carbocycles. The van der Waals surface area contributed by atoms with Gasteiger partial charge in [0.1, 0.15) is 5.75 Å². The third-order valence-electron chi connectivity index (χ3n) is 4.29. The third kappa shape index (κ3) is 3.03. The standard InChI is InChI=1S/C20H18N2O2S/c1-14-13-25-20(21-14)22(15-7-3-2-4-8-15)19(23)17-11-12-24-18-10-6-5-9-16(17)18/h2-10,13,17H,11-12H2,1H3. The van der Waals surface area contributed by atoms with Crippen molar-refractivity contribution in [2.45, 2.75) is 19.3 Å². The molecule has 0 saturated carbocycles. The molecule has 1 aromatic heterocycles. The summed E-state index contributed by atoms with van der Waals surface area (Å²) in [6.07, 6.45) is 0.670. The van der Waals surface area contributed by atoms with Crippen molar-refractivity contribution in [1.29, 1.82) is 0 Å². The number of fused-ring (bicyclic) bond motifs is 1. The number of aryl methyl sites for hydroxylation is 1. The lowest BCUT2D eigenvalue weighted by Crippen LogP contribution is -2.33. The van der Waals surface area contributed by atoms with E-state index in [1.54, 1.807) is 4.90 Å². The molecule has 1 amide bonds. The molecule has 1 aliphatic rings. The number of carbonyl (C=O) groups is 1. The van der Waals surface area contributed by atoms with Crippen molar-refractivity contribution in [2.75, 3.05) is 11.5 Å². The lowest BCUT2D eigenvalue weighted by Gasteiger charge is -2.29. The van der Waals surface area contributed by atoms with Crippen LogP contribution in [0.1, 0.15) is 23.6 Å². The van der Waals surface area contributed by atoms with E-state index < -0.39 is 0 Å². The zero-order valence-corrected chi connectivity index (χ0v) is 14.7. The minimum absolute atomic E-state index is 0.0382. The van der Waals surface area contributed by atoms with E-state index in [0.717, 1.165) is 22.7 Å². The van der Waals surface area contributed by atoms with Crippen molar-refractivity contribution in [3.05, 3.63) is 71.2 Å². The van der Waals surface area contributed by atoms with E-state index in [1.807, 2.05) is 66.9 Å². The summed E-state index contributed by atoms with van der Waals surface area (Å²) in [5.74, 6) is 0.612. The fourth-order valence-corrected chi connectivity index (χ4v) is 3.93. The second kappa shape index (κ2) is 6.69. The van der Waals surface area contributed by atoms with Gasteiger partial charge < -0.3 is 4.74 Å². The average Bonchev–Trinajstić information content (AvgIpc) is 3.08. The van der Waals surface area contributed by atoms with Gasteiger partial charge in [0.25, 0.3) is 0 Å². The molecule has 0 N–H and O–H groups in total. The highest BCUT2D eigenvalue weighted by Gasteiger charge is 2.33. The summed E-state index contributed by atoms with van der Waals surface area (Å²) in [7, 11) is 0. The number of aromatic nitrogens is 1. The summed E-state index contributed by atoms with van der Waals surface area (Å²) in [5, 5.41) is 2.67. The quantitative estimate of drug-likeness (QED) is 0.689. The fourth-order valence-electron chi connectivity index (χ4n) is 3.11. The monoisotopic (exact) mass is 350 g/mol. The molecule has 2 aromatic carbocycles. The second-order valence-corrected chi connectivity index (χ2v) is 6.84. The number of rotatable bonds is 3. The number of hydrogen-bond acceptors (Lipinski definition) is 4. The molecular formula is C20H18N2O2S. The van der Waals surface area contributed by atoms with Gasteiger partial charge in [0.15, 0.2) is 5.13 Å². The summed E-state index contributed by atoms with van der Waals surface area (Å²) >= 11 is 1.49. The highest BCUT2D eigenvalue weighted by Crippen LogP contribution is 2.38. The van der Waals surface area contributed by atoms with Crippen molar-refractivity contribution in [1.82, 2.24) is 4.98 Å². The van der Waals surface area contributed by atoms with Crippen LogP contribution in [0.3, 0.4) is 0 Å². The van der Waals surface area contributed by atoms with E-state index in [-0.39, 0.29) is 11.8 Å². The van der Waals surface area contributed by atoms with Crippen molar-refractivity contribution in [3.63, 3.8) is 0 Å². The molecule has 4 rings (SSSR count). The number of carbonyl (C=O) groups excluding carboxylic acids is 1. The van der Waals surface area contributed by atoms with Crippen LogP contribution in [0.4, 0.5) is 10.8 Å². The first-order valence-corrected chi connectivity index (χ1v) is 9.15. The molecule has 1 atom stereocenters. The minimum atomic E-state index is -0.227. The van der Waals surface area contributed by atoms with Gasteiger partial charge in [-0.15, -0.1) is 11.3 Å². The molecule has 0 fully saturated rings. The number of ether oxygens (including phenoxy) is 1. The summed E-state index contributed by atoms with van der Waals surface area (Å²) in [5.41, 5.74) is 2.71. The predicted octanol–water partition coefficient (Wildman–Crippen LogP) is 4.68. The number of hydrogen-bond donors (Lipinski definition) is 0. The Kier molecular flexibility index (Phi) is 4.24. The minimum Gasteiger partial charge on any atom is -0.493 e. The van der Waals surface area contributed by atoms with Crippen LogP contribution in [-0.2, 0) is 4.79 Å². The Morgan fingerprint density at radius 1 is 1.16 bits per heavy atom. The van der Waals surface area contributed by atoms with Crippen LogP contribution in [0.15, 0.2) is 60.0 Å². The molecule has 4 nitrogen and oxygen atoms in total. The number of amides is 1. The largest absolute Gasteiger partial charge is 0.493 e. The van der Waals surface area contributed by atoms with Crippen LogP contribution in [0.2, 0.25) is 0 Å². The number of thiazole rings is 1. The van der Waals surface area contributed by atoms with Crippen LogP contribution in [0.5, 0.6) is 5.75 Å². The van der Waals surface area contributed by atoms with Crippen molar-refractivity contribution in [2.24, 2.45) is 0 Å². The molecule has 0 bridgehead atoms. The van der Waals surface area contributed by atoms with Crippen LogP contribution >= 0.6 is 11.3 Å². The van der Waals surface area contributed by atoms with E-state index in [0.29, 0.717) is 18.2 Å². The second-order valence-electron chi connectivity index (χ2n) is 6.01. The maximum absolute atomic E-state index is 13.5. The Bertz CT molecular complexity index is 891. The fraction of sp³-hybridized carbons (Fsp3) is 0.200. The maximum Gasteiger partial charge on any atom is 0.241 e. The lowest BCUT2D eigenvalue weighted by molar-refractivity contribution is -0.119. The van der Waals surface area contributed by atoms with E-state index in [2.05, 4.69) is 4.98 Å². The van der Waals surface area contributed by atoms with E-state index in [1.165, 1.54) is 11.3 Å². The van der Waals surface area contributed by atoms with Gasteiger partial charge in [-0.25, -0.2) is 4.98 Å². The van der Waals surface area contributed by atoms with Gasteiger partial charge in [-0.1, -0.05) is 36.4 Å². The van der Waals surface area contributed by atoms with Gasteiger partial charge in [-0.3, -0.25) is 9.69 Å². The molecule has 1 unspecified atom stereocenters. The highest BCUT2D eigenvalue weighted by molar-refractivity contribution is 7.14. The lowest BCUT2D eigenvalue weighted by atomic mass is 9.91. The Morgan fingerprint density at radius 2 is 1.92 bits per heavy atom. The molecule has 0 radical (unpaired) electrons. The summed E-state index contributed by atoms with van der Waals surface area (Å²) in [6.45, 7) is 2.49. The number of benzene rings is 2. The Labute approximate surface area is 150 Å². The molecule has 3 aromatic rings. The highest BCUT2D eigenvalue weighted by atomic mass is 32.1.